The molecule has 2 amide bonds. The summed E-state index contributed by atoms with van der Waals surface area (Å²) >= 11 is 0. The highest BCUT2D eigenvalue weighted by molar-refractivity contribution is 5.82. The summed E-state index contributed by atoms with van der Waals surface area (Å²) in [5, 5.41) is 11.7. The Bertz CT molecular complexity index is 379. The van der Waals surface area contributed by atoms with E-state index in [4.69, 9.17) is 14.6 Å². The number of nitrogens with one attached hydrogen (secondary N) is 1. The highest BCUT2D eigenvalue weighted by Gasteiger charge is 2.40. The number of methoxy groups -OCH3 is 1. The molecule has 0 bridgehead atoms. The summed E-state index contributed by atoms with van der Waals surface area (Å²) in [5.41, 5.74) is -0.936. The van der Waals surface area contributed by atoms with E-state index in [2.05, 4.69) is 5.32 Å². The zero-order valence-corrected chi connectivity index (χ0v) is 13.4. The molecule has 1 heterocycles. The molecule has 0 aromatic carbocycles. The van der Waals surface area contributed by atoms with Crippen LogP contribution in [-0.4, -0.2) is 66.1 Å². The highest BCUT2D eigenvalue weighted by atomic mass is 16.5. The molecule has 1 aliphatic rings. The minimum absolute atomic E-state index is 0.231. The van der Waals surface area contributed by atoms with E-state index < -0.39 is 23.2 Å². The van der Waals surface area contributed by atoms with Crippen molar-refractivity contribution in [2.24, 2.45) is 0 Å². The van der Waals surface area contributed by atoms with Crippen molar-refractivity contribution in [1.82, 2.24) is 10.2 Å². The molecule has 7 heteroatoms. The van der Waals surface area contributed by atoms with Crippen LogP contribution < -0.4 is 5.32 Å². The first-order valence-electron chi connectivity index (χ1n) is 7.04. The van der Waals surface area contributed by atoms with Gasteiger partial charge in [0.15, 0.2) is 0 Å². The molecule has 0 saturated carbocycles. The van der Waals surface area contributed by atoms with Gasteiger partial charge in [0.1, 0.15) is 6.04 Å². The SMILES string of the molecule is COCCC(NC(=O)N1CC(C)(C)OC(C)(C)C1)C(=O)O. The van der Waals surface area contributed by atoms with Crippen LogP contribution in [0.4, 0.5) is 4.79 Å². The number of carbonyl (C=O) groups is 2. The molecule has 1 atom stereocenters. The maximum atomic E-state index is 12.3. The average molecular weight is 302 g/mol. The van der Waals surface area contributed by atoms with E-state index in [9.17, 15) is 9.59 Å². The minimum Gasteiger partial charge on any atom is -0.480 e. The van der Waals surface area contributed by atoms with Crippen LogP contribution >= 0.6 is 0 Å². The number of rotatable bonds is 5. The zero-order valence-electron chi connectivity index (χ0n) is 13.4. The van der Waals surface area contributed by atoms with Gasteiger partial charge < -0.3 is 24.8 Å². The molecule has 1 unspecified atom stereocenters. The van der Waals surface area contributed by atoms with Crippen LogP contribution in [0.25, 0.3) is 0 Å². The number of hydrogen-bond acceptors (Lipinski definition) is 4. The number of morpholine rings is 1. The lowest BCUT2D eigenvalue weighted by atomic mass is 9.99. The number of carboxylic acids is 1. The van der Waals surface area contributed by atoms with Gasteiger partial charge in [0.2, 0.25) is 0 Å². The molecule has 7 nitrogen and oxygen atoms in total. The Morgan fingerprint density at radius 2 is 1.81 bits per heavy atom. The number of carbonyl (C=O) groups excluding carboxylic acids is 1. The fourth-order valence-electron chi connectivity index (χ4n) is 2.66. The first-order chi connectivity index (χ1) is 9.56. The van der Waals surface area contributed by atoms with Crippen molar-refractivity contribution in [2.75, 3.05) is 26.8 Å². The van der Waals surface area contributed by atoms with Crippen LogP contribution in [0.2, 0.25) is 0 Å². The van der Waals surface area contributed by atoms with Crippen molar-refractivity contribution in [3.63, 3.8) is 0 Å². The lowest BCUT2D eigenvalue weighted by molar-refractivity contribution is -0.170. The van der Waals surface area contributed by atoms with E-state index in [0.717, 1.165) is 0 Å². The van der Waals surface area contributed by atoms with Gasteiger partial charge in [0, 0.05) is 20.1 Å². The molecule has 0 aromatic heterocycles. The molecule has 1 rings (SSSR count). The summed E-state index contributed by atoms with van der Waals surface area (Å²) in [5.74, 6) is -1.06. The third-order valence-corrected chi connectivity index (χ3v) is 3.19. The van der Waals surface area contributed by atoms with E-state index in [1.807, 2.05) is 27.7 Å². The molecule has 122 valence electrons. The van der Waals surface area contributed by atoms with Crippen LogP contribution in [0.5, 0.6) is 0 Å². The first kappa shape index (κ1) is 17.7. The summed E-state index contributed by atoms with van der Waals surface area (Å²) in [7, 11) is 1.49. The van der Waals surface area contributed by atoms with Gasteiger partial charge in [0.05, 0.1) is 24.3 Å². The second-order valence-corrected chi connectivity index (χ2v) is 6.60. The van der Waals surface area contributed by atoms with Gasteiger partial charge in [-0.05, 0) is 27.7 Å². The van der Waals surface area contributed by atoms with E-state index >= 15 is 0 Å². The number of ether oxygens (including phenoxy) is 2. The quantitative estimate of drug-likeness (QED) is 0.793. The second kappa shape index (κ2) is 6.62. The molecule has 0 aromatic rings. The van der Waals surface area contributed by atoms with Crippen LogP contribution in [0, 0.1) is 0 Å². The normalized spacial score (nSPS) is 21.7. The third-order valence-electron chi connectivity index (χ3n) is 3.19. The average Bonchev–Trinajstić information content (AvgIpc) is 2.29. The Morgan fingerprint density at radius 1 is 1.29 bits per heavy atom. The highest BCUT2D eigenvalue weighted by Crippen LogP contribution is 2.27. The first-order valence-corrected chi connectivity index (χ1v) is 7.04. The van der Waals surface area contributed by atoms with Crippen molar-refractivity contribution in [1.29, 1.82) is 0 Å². The van der Waals surface area contributed by atoms with Crippen LogP contribution in [0.3, 0.4) is 0 Å². The molecule has 2 N–H and O–H groups in total. The second-order valence-electron chi connectivity index (χ2n) is 6.60. The van der Waals surface area contributed by atoms with E-state index in [0.29, 0.717) is 13.1 Å². The van der Waals surface area contributed by atoms with Gasteiger partial charge in [-0.1, -0.05) is 0 Å². The molecule has 1 fully saturated rings. The Kier molecular flexibility index (Phi) is 5.58. The van der Waals surface area contributed by atoms with Crippen LogP contribution in [0.1, 0.15) is 34.1 Å². The summed E-state index contributed by atoms with van der Waals surface area (Å²) in [4.78, 5) is 25.1. The van der Waals surface area contributed by atoms with Gasteiger partial charge in [0.25, 0.3) is 0 Å². The lowest BCUT2D eigenvalue weighted by Gasteiger charge is -2.47. The number of urea groups is 1. The van der Waals surface area contributed by atoms with Gasteiger partial charge in [-0.3, -0.25) is 0 Å². The summed E-state index contributed by atoms with van der Waals surface area (Å²) < 4.78 is 10.8. The van der Waals surface area contributed by atoms with Crippen molar-refractivity contribution < 1.29 is 24.2 Å². The van der Waals surface area contributed by atoms with Gasteiger partial charge >= 0.3 is 12.0 Å². The molecular formula is C14H26N2O5. The van der Waals surface area contributed by atoms with Crippen molar-refractivity contribution >= 4 is 12.0 Å². The molecule has 0 spiro atoms. The summed E-state index contributed by atoms with van der Waals surface area (Å²) in [6.07, 6.45) is 0.231. The number of carboxylic acid groups (broad SMARTS) is 1. The largest absolute Gasteiger partial charge is 0.480 e. The predicted octanol–water partition coefficient (Wildman–Crippen LogP) is 1.08. The monoisotopic (exact) mass is 302 g/mol. The van der Waals surface area contributed by atoms with E-state index in [-0.39, 0.29) is 19.1 Å². The van der Waals surface area contributed by atoms with Crippen LogP contribution in [-0.2, 0) is 14.3 Å². The molecule has 0 radical (unpaired) electrons. The fourth-order valence-corrected chi connectivity index (χ4v) is 2.66. The minimum atomic E-state index is -1.06. The molecule has 0 aliphatic carbocycles. The third kappa shape index (κ3) is 5.51. The van der Waals surface area contributed by atoms with E-state index in [1.165, 1.54) is 7.11 Å². The smallest absolute Gasteiger partial charge is 0.326 e. The molecular weight excluding hydrogens is 276 g/mol. The van der Waals surface area contributed by atoms with Crippen molar-refractivity contribution in [3.05, 3.63) is 0 Å². The Balaban J connectivity index is 2.70. The lowest BCUT2D eigenvalue weighted by Crippen LogP contribution is -2.61. The number of amides is 2. The number of hydrogen-bond donors (Lipinski definition) is 2. The van der Waals surface area contributed by atoms with Crippen molar-refractivity contribution in [3.8, 4) is 0 Å². The van der Waals surface area contributed by atoms with Gasteiger partial charge in [-0.2, -0.15) is 0 Å². The molecule has 1 saturated heterocycles. The van der Waals surface area contributed by atoms with Gasteiger partial charge in [-0.15, -0.1) is 0 Å². The Hall–Kier alpha value is -1.34. The summed E-state index contributed by atoms with van der Waals surface area (Å²) in [6.45, 7) is 8.75. The maximum absolute atomic E-state index is 12.3. The maximum Gasteiger partial charge on any atom is 0.326 e. The van der Waals surface area contributed by atoms with Gasteiger partial charge in [-0.25, -0.2) is 9.59 Å². The fraction of sp³-hybridized carbons (Fsp3) is 0.857. The summed E-state index contributed by atoms with van der Waals surface area (Å²) in [6, 6.07) is -1.34. The number of aliphatic carboxylic acids is 1. The standard InChI is InChI=1S/C14H26N2O5/c1-13(2)8-16(9-14(3,4)21-13)12(19)15-10(11(17)18)6-7-20-5/h10H,6-9H2,1-5H3,(H,15,19)(H,17,18). The zero-order chi connectivity index (χ0) is 16.3. The number of nitrogens with zero attached hydrogens (tertiary/aromatic N) is 1. The Morgan fingerprint density at radius 3 is 2.24 bits per heavy atom. The van der Waals surface area contributed by atoms with Crippen LogP contribution in [0.15, 0.2) is 0 Å². The Labute approximate surface area is 125 Å². The predicted molar refractivity (Wildman–Crippen MR) is 77.3 cm³/mol. The van der Waals surface area contributed by atoms with E-state index in [1.54, 1.807) is 4.90 Å². The molecule has 21 heavy (non-hydrogen) atoms. The topological polar surface area (TPSA) is 88.1 Å². The van der Waals surface area contributed by atoms with Crippen molar-refractivity contribution in [2.45, 2.75) is 51.4 Å². The molecule has 1 aliphatic heterocycles.